The van der Waals surface area contributed by atoms with E-state index in [4.69, 9.17) is 0 Å². The van der Waals surface area contributed by atoms with E-state index in [9.17, 15) is 24.0 Å². The summed E-state index contributed by atoms with van der Waals surface area (Å²) in [5.41, 5.74) is 2.53. The molecule has 0 bridgehead atoms. The van der Waals surface area contributed by atoms with Crippen molar-refractivity contribution in [1.29, 1.82) is 0 Å². The van der Waals surface area contributed by atoms with E-state index in [-0.39, 0.29) is 43.8 Å². The third-order valence-corrected chi connectivity index (χ3v) is 6.58. The molecule has 0 spiro atoms. The normalized spacial score (nSPS) is 11.0. The number of allylic oxidation sites excluding steroid dienone is 1. The predicted molar refractivity (Wildman–Crippen MR) is 151 cm³/mol. The minimum absolute atomic E-state index is 0.00694. The van der Waals surface area contributed by atoms with Gasteiger partial charge in [0.05, 0.1) is 36.6 Å². The Balaban J connectivity index is 1.59. The third kappa shape index (κ3) is 6.40. The van der Waals surface area contributed by atoms with Gasteiger partial charge in [0.25, 0.3) is 0 Å². The van der Waals surface area contributed by atoms with Crippen LogP contribution >= 0.6 is 0 Å². The van der Waals surface area contributed by atoms with Crippen LogP contribution in [0.2, 0.25) is 0 Å². The van der Waals surface area contributed by atoms with E-state index >= 15 is 4.39 Å². The molecule has 2 heterocycles. The molecule has 0 aliphatic rings. The second kappa shape index (κ2) is 12.5. The number of carbonyl (C=O) groups excluding carboxylic acids is 5. The Kier molecular flexibility index (Phi) is 8.89. The van der Waals surface area contributed by atoms with E-state index in [1.165, 1.54) is 30.1 Å². The molecule has 0 unspecified atom stereocenters. The van der Waals surface area contributed by atoms with Gasteiger partial charge in [0.15, 0.2) is 5.78 Å². The Morgan fingerprint density at radius 2 is 1.74 bits per heavy atom. The number of ketones is 1. The number of ether oxygens (including phenoxy) is 1. The van der Waals surface area contributed by atoms with Crippen LogP contribution in [0.25, 0.3) is 32.9 Å². The van der Waals surface area contributed by atoms with Gasteiger partial charge in [0, 0.05) is 29.2 Å². The largest absolute Gasteiger partial charge is 0.468 e. The van der Waals surface area contributed by atoms with Crippen molar-refractivity contribution in [2.24, 2.45) is 0 Å². The van der Waals surface area contributed by atoms with Gasteiger partial charge in [-0.3, -0.25) is 28.7 Å². The second-order valence-electron chi connectivity index (χ2n) is 9.62. The molecule has 12 nitrogen and oxygen atoms in total. The van der Waals surface area contributed by atoms with Gasteiger partial charge in [-0.25, -0.2) is 9.07 Å². The van der Waals surface area contributed by atoms with Crippen molar-refractivity contribution in [2.45, 2.75) is 33.2 Å². The number of benzene rings is 2. The number of aromatic nitrogens is 4. The number of halogens is 1. The van der Waals surface area contributed by atoms with Crippen LogP contribution in [0.1, 0.15) is 30.3 Å². The van der Waals surface area contributed by atoms with Gasteiger partial charge in [-0.05, 0) is 43.2 Å². The molecule has 2 N–H and O–H groups in total. The van der Waals surface area contributed by atoms with Crippen LogP contribution in [0.3, 0.4) is 0 Å². The molecule has 13 heteroatoms. The number of nitrogens with zero attached hydrogens (tertiary/aromatic N) is 4. The zero-order valence-electron chi connectivity index (χ0n) is 23.3. The van der Waals surface area contributed by atoms with Crippen LogP contribution in [-0.2, 0) is 30.5 Å². The highest BCUT2D eigenvalue weighted by Gasteiger charge is 2.20. The molecule has 2 aromatic heterocycles. The van der Waals surface area contributed by atoms with Crippen molar-refractivity contribution in [2.75, 3.05) is 20.2 Å². The van der Waals surface area contributed by atoms with Crippen molar-refractivity contribution in [3.63, 3.8) is 0 Å². The number of hydrogen-bond donors (Lipinski definition) is 2. The number of fused-ring (bicyclic) bond motifs is 2. The minimum atomic E-state index is -0.620. The van der Waals surface area contributed by atoms with Crippen molar-refractivity contribution < 1.29 is 33.1 Å². The molecule has 4 rings (SSSR count). The van der Waals surface area contributed by atoms with Crippen LogP contribution < -0.4 is 10.6 Å². The van der Waals surface area contributed by atoms with E-state index < -0.39 is 29.5 Å². The van der Waals surface area contributed by atoms with Gasteiger partial charge < -0.3 is 15.4 Å². The highest BCUT2D eigenvalue weighted by atomic mass is 19.1. The molecule has 0 atom stereocenters. The number of amides is 2. The molecule has 0 fully saturated rings. The second-order valence-corrected chi connectivity index (χ2v) is 9.62. The number of Topliss-reactive ketones (excluding diaryl/α,β-unsaturated/α-hetero) is 1. The standard InChI is InChI=1S/C29H29FN6O6/c1-16(2)24(37)8-9-27(40)36-23-11-20(21(30)10-18(23)12-33-36)19-6-5-7-22-29(19)17(3)34-35(22)15-26(39)31-13-25(38)32-14-28(41)42-4/h5-7,10-12H,1,8-9,13-15H2,2-4H3,(H,31,39)(H,32,38). The summed E-state index contributed by atoms with van der Waals surface area (Å²) in [5, 5.41) is 14.4. The molecule has 0 saturated carbocycles. The van der Waals surface area contributed by atoms with E-state index in [1.54, 1.807) is 32.0 Å². The monoisotopic (exact) mass is 576 g/mol. The molecule has 2 aromatic carbocycles. The quantitative estimate of drug-likeness (QED) is 0.204. The number of nitrogens with one attached hydrogen (secondary N) is 2. The summed E-state index contributed by atoms with van der Waals surface area (Å²) in [5.74, 6) is -2.86. The average Bonchev–Trinajstić information content (AvgIpc) is 3.52. The lowest BCUT2D eigenvalue weighted by Crippen LogP contribution is -2.40. The first-order chi connectivity index (χ1) is 20.0. The molecule has 0 aliphatic carbocycles. The van der Waals surface area contributed by atoms with Crippen LogP contribution in [0.15, 0.2) is 48.7 Å². The molecule has 0 radical (unpaired) electrons. The summed E-state index contributed by atoms with van der Waals surface area (Å²) < 4.78 is 22.5. The zero-order valence-corrected chi connectivity index (χ0v) is 23.3. The van der Waals surface area contributed by atoms with Gasteiger partial charge in [-0.15, -0.1) is 0 Å². The first-order valence-electron chi connectivity index (χ1n) is 13.0. The number of methoxy groups -OCH3 is 1. The van der Waals surface area contributed by atoms with Crippen LogP contribution in [0.4, 0.5) is 4.39 Å². The molecular formula is C29H29FN6O6. The number of aryl methyl sites for hydroxylation is 1. The lowest BCUT2D eigenvalue weighted by Gasteiger charge is -2.09. The lowest BCUT2D eigenvalue weighted by molar-refractivity contribution is -0.141. The highest BCUT2D eigenvalue weighted by molar-refractivity contribution is 6.01. The number of hydrogen-bond acceptors (Lipinski definition) is 8. The number of rotatable bonds is 11. The van der Waals surface area contributed by atoms with Crippen molar-refractivity contribution >= 4 is 51.3 Å². The third-order valence-electron chi connectivity index (χ3n) is 6.58. The lowest BCUT2D eigenvalue weighted by atomic mass is 9.98. The molecule has 218 valence electrons. The summed E-state index contributed by atoms with van der Waals surface area (Å²) in [6, 6.07) is 7.96. The van der Waals surface area contributed by atoms with Crippen molar-refractivity contribution in [1.82, 2.24) is 30.2 Å². The molecule has 4 aromatic rings. The van der Waals surface area contributed by atoms with Gasteiger partial charge >= 0.3 is 5.97 Å². The zero-order chi connectivity index (χ0) is 30.6. The van der Waals surface area contributed by atoms with Gasteiger partial charge in [-0.2, -0.15) is 10.2 Å². The predicted octanol–water partition coefficient (Wildman–Crippen LogP) is 2.47. The number of esters is 1. The molecule has 0 aliphatic heterocycles. The Bertz CT molecular complexity index is 1750. The van der Waals surface area contributed by atoms with Crippen LogP contribution in [0.5, 0.6) is 0 Å². The summed E-state index contributed by atoms with van der Waals surface area (Å²) in [6.45, 7) is 6.02. The van der Waals surface area contributed by atoms with Crippen LogP contribution in [0, 0.1) is 12.7 Å². The summed E-state index contributed by atoms with van der Waals surface area (Å²) in [7, 11) is 1.19. The summed E-state index contributed by atoms with van der Waals surface area (Å²) >= 11 is 0. The first kappa shape index (κ1) is 29.8. The minimum Gasteiger partial charge on any atom is -0.468 e. The van der Waals surface area contributed by atoms with Gasteiger partial charge in [0.2, 0.25) is 17.7 Å². The van der Waals surface area contributed by atoms with Crippen LogP contribution in [-0.4, -0.2) is 69.2 Å². The van der Waals surface area contributed by atoms with Crippen molar-refractivity contribution in [3.05, 3.63) is 60.2 Å². The summed E-state index contributed by atoms with van der Waals surface area (Å²) in [6.07, 6.45) is 1.30. The fourth-order valence-corrected chi connectivity index (χ4v) is 4.43. The molecular weight excluding hydrogens is 547 g/mol. The number of carbonyl (C=O) groups is 5. The van der Waals surface area contributed by atoms with E-state index in [0.717, 1.165) is 4.68 Å². The highest BCUT2D eigenvalue weighted by Crippen LogP contribution is 2.35. The van der Waals surface area contributed by atoms with Crippen molar-refractivity contribution in [3.8, 4) is 11.1 Å². The Morgan fingerprint density at radius 1 is 1.00 bits per heavy atom. The molecule has 42 heavy (non-hydrogen) atoms. The smallest absolute Gasteiger partial charge is 0.325 e. The fraction of sp³-hybridized carbons (Fsp3) is 0.276. The average molecular weight is 577 g/mol. The Labute approximate surface area is 239 Å². The Hall–Kier alpha value is -5.20. The van der Waals surface area contributed by atoms with E-state index in [0.29, 0.717) is 38.6 Å². The fourth-order valence-electron chi connectivity index (χ4n) is 4.43. The van der Waals surface area contributed by atoms with Gasteiger partial charge in [0.1, 0.15) is 18.9 Å². The van der Waals surface area contributed by atoms with E-state index in [1.807, 2.05) is 0 Å². The maximum absolute atomic E-state index is 15.4. The maximum atomic E-state index is 15.4. The SMILES string of the molecule is C=C(C)C(=O)CCC(=O)n1ncc2cc(F)c(-c3cccc4c3c(C)nn4CC(=O)NCC(=O)NCC(=O)OC)cc21. The van der Waals surface area contributed by atoms with Gasteiger partial charge in [-0.1, -0.05) is 18.7 Å². The first-order valence-corrected chi connectivity index (χ1v) is 13.0. The maximum Gasteiger partial charge on any atom is 0.325 e. The Morgan fingerprint density at radius 3 is 2.45 bits per heavy atom. The molecule has 0 saturated heterocycles. The summed E-state index contributed by atoms with van der Waals surface area (Å²) in [4.78, 5) is 60.3. The van der Waals surface area contributed by atoms with E-state index in [2.05, 4.69) is 32.1 Å². The molecule has 2 amide bonds. The topological polar surface area (TPSA) is 154 Å².